The van der Waals surface area contributed by atoms with Crippen LogP contribution in [0.15, 0.2) is 53.0 Å². The van der Waals surface area contributed by atoms with E-state index in [-0.39, 0.29) is 18.0 Å². The van der Waals surface area contributed by atoms with Crippen LogP contribution in [0, 0.1) is 11.7 Å². The van der Waals surface area contributed by atoms with Crippen LogP contribution in [0.3, 0.4) is 0 Å². The first-order valence-electron chi connectivity index (χ1n) is 10.2. The van der Waals surface area contributed by atoms with Crippen molar-refractivity contribution in [3.8, 4) is 0 Å². The summed E-state index contributed by atoms with van der Waals surface area (Å²) in [6, 6.07) is 14.9. The van der Waals surface area contributed by atoms with Crippen molar-refractivity contribution in [2.45, 2.75) is 31.9 Å². The van der Waals surface area contributed by atoms with E-state index < -0.39 is 0 Å². The Hall–Kier alpha value is -1.92. The zero-order valence-corrected chi connectivity index (χ0v) is 18.0. The van der Waals surface area contributed by atoms with Crippen molar-refractivity contribution in [1.29, 1.82) is 0 Å². The molecule has 2 saturated heterocycles. The van der Waals surface area contributed by atoms with Gasteiger partial charge < -0.3 is 9.64 Å². The molecule has 1 atom stereocenters. The van der Waals surface area contributed by atoms with Gasteiger partial charge in [-0.1, -0.05) is 46.3 Å². The Morgan fingerprint density at radius 2 is 1.86 bits per heavy atom. The fourth-order valence-corrected chi connectivity index (χ4v) is 4.68. The topological polar surface area (TPSA) is 32.8 Å². The lowest BCUT2D eigenvalue weighted by Gasteiger charge is -2.33. The SMILES string of the molecule is O=C1OC(CN2CCC(Cc3cc(F)ccc3Br)CC2)CN1Cc1ccccc1. The Balaban J connectivity index is 1.24. The predicted octanol–water partition coefficient (Wildman–Crippen LogP) is 4.86. The van der Waals surface area contributed by atoms with Gasteiger partial charge in [0.2, 0.25) is 0 Å². The number of halogens is 2. The summed E-state index contributed by atoms with van der Waals surface area (Å²) in [5, 5.41) is 0. The van der Waals surface area contributed by atoms with Gasteiger partial charge in [-0.25, -0.2) is 9.18 Å². The molecule has 29 heavy (non-hydrogen) atoms. The maximum atomic E-state index is 13.5. The number of cyclic esters (lactones) is 1. The maximum Gasteiger partial charge on any atom is 0.410 e. The number of likely N-dealkylation sites (tertiary alicyclic amines) is 1. The average Bonchev–Trinajstić information content (AvgIpc) is 3.06. The molecule has 0 spiro atoms. The second kappa shape index (κ2) is 9.26. The first-order chi connectivity index (χ1) is 14.1. The molecule has 2 fully saturated rings. The van der Waals surface area contributed by atoms with E-state index in [9.17, 15) is 9.18 Å². The Labute approximate surface area is 179 Å². The van der Waals surface area contributed by atoms with E-state index in [1.807, 2.05) is 30.3 Å². The minimum absolute atomic E-state index is 0.0693. The van der Waals surface area contributed by atoms with E-state index >= 15 is 0 Å². The maximum absolute atomic E-state index is 13.5. The quantitative estimate of drug-likeness (QED) is 0.616. The number of carbonyl (C=O) groups is 1. The van der Waals surface area contributed by atoms with Crippen LogP contribution in [-0.4, -0.2) is 48.2 Å². The summed E-state index contributed by atoms with van der Waals surface area (Å²) in [6.45, 7) is 4.01. The molecule has 4 nitrogen and oxygen atoms in total. The monoisotopic (exact) mass is 460 g/mol. The molecule has 154 valence electrons. The Bertz CT molecular complexity index is 840. The molecular formula is C23H26BrFN2O2. The van der Waals surface area contributed by atoms with Gasteiger partial charge in [-0.3, -0.25) is 4.90 Å². The summed E-state index contributed by atoms with van der Waals surface area (Å²) in [7, 11) is 0. The number of ether oxygens (including phenoxy) is 1. The van der Waals surface area contributed by atoms with E-state index in [4.69, 9.17) is 4.74 Å². The van der Waals surface area contributed by atoms with Gasteiger partial charge in [0, 0.05) is 17.6 Å². The number of nitrogens with zero attached hydrogens (tertiary/aromatic N) is 2. The van der Waals surface area contributed by atoms with Crippen LogP contribution >= 0.6 is 15.9 Å². The van der Waals surface area contributed by atoms with Crippen LogP contribution in [-0.2, 0) is 17.7 Å². The number of hydrogen-bond donors (Lipinski definition) is 0. The lowest BCUT2D eigenvalue weighted by molar-refractivity contribution is 0.0904. The van der Waals surface area contributed by atoms with Gasteiger partial charge >= 0.3 is 6.09 Å². The summed E-state index contributed by atoms with van der Waals surface area (Å²) >= 11 is 3.53. The predicted molar refractivity (Wildman–Crippen MR) is 114 cm³/mol. The largest absolute Gasteiger partial charge is 0.443 e. The van der Waals surface area contributed by atoms with Gasteiger partial charge in [-0.2, -0.15) is 0 Å². The van der Waals surface area contributed by atoms with E-state index in [1.165, 1.54) is 6.07 Å². The van der Waals surface area contributed by atoms with Gasteiger partial charge in [0.05, 0.1) is 6.54 Å². The summed E-state index contributed by atoms with van der Waals surface area (Å²) in [6.07, 6.45) is 2.77. The van der Waals surface area contributed by atoms with Crippen LogP contribution in [0.4, 0.5) is 9.18 Å². The Morgan fingerprint density at radius 1 is 1.10 bits per heavy atom. The van der Waals surface area contributed by atoms with E-state index in [1.54, 1.807) is 17.0 Å². The number of carbonyl (C=O) groups excluding carboxylic acids is 1. The third-order valence-electron chi connectivity index (χ3n) is 5.85. The van der Waals surface area contributed by atoms with Gasteiger partial charge in [0.25, 0.3) is 0 Å². The lowest BCUT2D eigenvalue weighted by Crippen LogP contribution is -2.40. The second-order valence-electron chi connectivity index (χ2n) is 8.06. The Morgan fingerprint density at radius 3 is 2.62 bits per heavy atom. The van der Waals surface area contributed by atoms with Crippen LogP contribution in [0.5, 0.6) is 0 Å². The average molecular weight is 461 g/mol. The molecule has 2 aromatic carbocycles. The highest BCUT2D eigenvalue weighted by Gasteiger charge is 2.33. The summed E-state index contributed by atoms with van der Waals surface area (Å²) in [5.74, 6) is 0.383. The van der Waals surface area contributed by atoms with Crippen LogP contribution in [0.2, 0.25) is 0 Å². The van der Waals surface area contributed by atoms with Crippen LogP contribution < -0.4 is 0 Å². The molecule has 2 heterocycles. The van der Waals surface area contributed by atoms with Crippen LogP contribution in [0.1, 0.15) is 24.0 Å². The zero-order valence-electron chi connectivity index (χ0n) is 16.4. The molecule has 2 aliphatic rings. The third kappa shape index (κ3) is 5.37. The second-order valence-corrected chi connectivity index (χ2v) is 8.91. The minimum atomic E-state index is -0.218. The summed E-state index contributed by atoms with van der Waals surface area (Å²) < 4.78 is 20.1. The molecule has 4 rings (SSSR count). The van der Waals surface area contributed by atoms with E-state index in [2.05, 4.69) is 20.8 Å². The first-order valence-corrected chi connectivity index (χ1v) is 11.0. The molecule has 0 bridgehead atoms. The Kier molecular flexibility index (Phi) is 6.50. The molecule has 2 aromatic rings. The minimum Gasteiger partial charge on any atom is -0.443 e. The molecule has 0 saturated carbocycles. The summed E-state index contributed by atoms with van der Waals surface area (Å²) in [5.41, 5.74) is 2.17. The zero-order chi connectivity index (χ0) is 20.2. The number of benzene rings is 2. The molecule has 1 unspecified atom stereocenters. The van der Waals surface area contributed by atoms with Gasteiger partial charge in [0.1, 0.15) is 11.9 Å². The number of amides is 1. The molecule has 0 aromatic heterocycles. The number of piperidine rings is 1. The lowest BCUT2D eigenvalue weighted by atomic mass is 9.90. The third-order valence-corrected chi connectivity index (χ3v) is 6.62. The molecule has 6 heteroatoms. The number of rotatable bonds is 6. The fourth-order valence-electron chi connectivity index (χ4n) is 4.27. The van der Waals surface area contributed by atoms with Crippen molar-refractivity contribution >= 4 is 22.0 Å². The van der Waals surface area contributed by atoms with Gasteiger partial charge in [-0.15, -0.1) is 0 Å². The molecular weight excluding hydrogens is 435 g/mol. The molecule has 0 N–H and O–H groups in total. The van der Waals surface area contributed by atoms with Gasteiger partial charge in [0.15, 0.2) is 0 Å². The van der Waals surface area contributed by atoms with Crippen molar-refractivity contribution in [3.63, 3.8) is 0 Å². The molecule has 0 radical (unpaired) electrons. The van der Waals surface area contributed by atoms with Crippen molar-refractivity contribution in [3.05, 3.63) is 69.9 Å². The first kappa shape index (κ1) is 20.4. The summed E-state index contributed by atoms with van der Waals surface area (Å²) in [4.78, 5) is 16.4. The van der Waals surface area contributed by atoms with E-state index in [0.717, 1.165) is 54.5 Å². The van der Waals surface area contributed by atoms with Crippen molar-refractivity contribution < 1.29 is 13.9 Å². The van der Waals surface area contributed by atoms with E-state index in [0.29, 0.717) is 19.0 Å². The molecule has 2 aliphatic heterocycles. The highest BCUT2D eigenvalue weighted by molar-refractivity contribution is 9.10. The molecule has 1 amide bonds. The molecule has 0 aliphatic carbocycles. The normalized spacial score (nSPS) is 20.8. The standard InChI is InChI=1S/C23H26BrFN2O2/c24-22-7-6-20(25)13-19(22)12-17-8-10-26(11-9-17)15-21-16-27(23(28)29-21)14-18-4-2-1-3-5-18/h1-7,13,17,21H,8-12,14-16H2. The van der Waals surface area contributed by atoms with Crippen molar-refractivity contribution in [2.75, 3.05) is 26.2 Å². The fraction of sp³-hybridized carbons (Fsp3) is 0.435. The van der Waals surface area contributed by atoms with Gasteiger partial charge in [-0.05, 0) is 67.6 Å². The van der Waals surface area contributed by atoms with Crippen molar-refractivity contribution in [2.24, 2.45) is 5.92 Å². The number of hydrogen-bond acceptors (Lipinski definition) is 3. The smallest absolute Gasteiger partial charge is 0.410 e. The van der Waals surface area contributed by atoms with Crippen molar-refractivity contribution in [1.82, 2.24) is 9.80 Å². The van der Waals surface area contributed by atoms with Crippen LogP contribution in [0.25, 0.3) is 0 Å². The highest BCUT2D eigenvalue weighted by atomic mass is 79.9. The highest BCUT2D eigenvalue weighted by Crippen LogP contribution is 2.27.